The van der Waals surface area contributed by atoms with E-state index in [0.29, 0.717) is 5.69 Å². The third-order valence-electron chi connectivity index (χ3n) is 2.88. The van der Waals surface area contributed by atoms with Gasteiger partial charge in [0.25, 0.3) is 5.69 Å². The molecule has 1 aromatic carbocycles. The lowest BCUT2D eigenvalue weighted by atomic mass is 10.1. The average Bonchev–Trinajstić information content (AvgIpc) is 2.36. The fourth-order valence-corrected chi connectivity index (χ4v) is 2.01. The number of nitro groups is 1. The summed E-state index contributed by atoms with van der Waals surface area (Å²) >= 11 is 0. The Bertz CT molecular complexity index is 421. The number of hydrogen-bond donors (Lipinski definition) is 1. The molecule has 0 saturated carbocycles. The predicted molar refractivity (Wildman–Crippen MR) is 78.5 cm³/mol. The van der Waals surface area contributed by atoms with Crippen molar-refractivity contribution >= 4 is 11.4 Å². The molecule has 0 radical (unpaired) electrons. The second kappa shape index (κ2) is 7.74. The van der Waals surface area contributed by atoms with Crippen LogP contribution in [0.1, 0.15) is 32.3 Å². The summed E-state index contributed by atoms with van der Waals surface area (Å²) in [4.78, 5) is 12.9. The van der Waals surface area contributed by atoms with Gasteiger partial charge in [0.1, 0.15) is 5.69 Å². The summed E-state index contributed by atoms with van der Waals surface area (Å²) in [5.74, 6) is 0. The Labute approximate surface area is 114 Å². The standard InChI is InChI=1S/C14H23N3O2/c1-4-8-15-13-10-12(11-16(3)9-5-2)6-7-14(13)17(18)19/h6-7,10,15H,4-5,8-9,11H2,1-3H3. The van der Waals surface area contributed by atoms with E-state index in [0.717, 1.165) is 38.0 Å². The van der Waals surface area contributed by atoms with E-state index in [2.05, 4.69) is 24.2 Å². The van der Waals surface area contributed by atoms with Gasteiger partial charge in [-0.05, 0) is 38.1 Å². The molecule has 5 nitrogen and oxygen atoms in total. The highest BCUT2D eigenvalue weighted by molar-refractivity contribution is 5.62. The van der Waals surface area contributed by atoms with E-state index in [9.17, 15) is 10.1 Å². The van der Waals surface area contributed by atoms with Crippen molar-refractivity contribution in [1.29, 1.82) is 0 Å². The van der Waals surface area contributed by atoms with Crippen LogP contribution in [0.25, 0.3) is 0 Å². The van der Waals surface area contributed by atoms with Gasteiger partial charge in [-0.1, -0.05) is 19.9 Å². The zero-order valence-electron chi connectivity index (χ0n) is 12.0. The van der Waals surface area contributed by atoms with Crippen molar-refractivity contribution in [3.63, 3.8) is 0 Å². The molecule has 0 aromatic heterocycles. The number of rotatable bonds is 8. The van der Waals surface area contributed by atoms with Gasteiger partial charge >= 0.3 is 0 Å². The van der Waals surface area contributed by atoms with Crippen LogP contribution in [0.4, 0.5) is 11.4 Å². The minimum absolute atomic E-state index is 0.148. The molecule has 0 amide bonds. The summed E-state index contributed by atoms with van der Waals surface area (Å²) in [5, 5.41) is 14.1. The molecule has 0 fully saturated rings. The van der Waals surface area contributed by atoms with Gasteiger partial charge in [0.05, 0.1) is 4.92 Å². The highest BCUT2D eigenvalue weighted by Crippen LogP contribution is 2.26. The SMILES string of the molecule is CCCNc1cc(CN(C)CCC)ccc1[N+](=O)[O-]. The maximum absolute atomic E-state index is 11.0. The molecule has 106 valence electrons. The molecular formula is C14H23N3O2. The van der Waals surface area contributed by atoms with Gasteiger partial charge in [0, 0.05) is 19.2 Å². The van der Waals surface area contributed by atoms with Crippen molar-refractivity contribution in [2.75, 3.05) is 25.5 Å². The first-order chi connectivity index (χ1) is 9.08. The van der Waals surface area contributed by atoms with Crippen molar-refractivity contribution in [3.05, 3.63) is 33.9 Å². The Morgan fingerprint density at radius 3 is 2.63 bits per heavy atom. The Hall–Kier alpha value is -1.62. The summed E-state index contributed by atoms with van der Waals surface area (Å²) < 4.78 is 0. The van der Waals surface area contributed by atoms with Crippen LogP contribution >= 0.6 is 0 Å². The molecular weight excluding hydrogens is 242 g/mol. The Morgan fingerprint density at radius 2 is 2.05 bits per heavy atom. The van der Waals surface area contributed by atoms with Gasteiger partial charge in [0.2, 0.25) is 0 Å². The van der Waals surface area contributed by atoms with Crippen molar-refractivity contribution in [2.45, 2.75) is 33.2 Å². The summed E-state index contributed by atoms with van der Waals surface area (Å²) in [6.45, 7) is 6.76. The molecule has 0 atom stereocenters. The van der Waals surface area contributed by atoms with Gasteiger partial charge in [-0.15, -0.1) is 0 Å². The molecule has 19 heavy (non-hydrogen) atoms. The van der Waals surface area contributed by atoms with E-state index < -0.39 is 0 Å². The van der Waals surface area contributed by atoms with Crippen LogP contribution in [0, 0.1) is 10.1 Å². The molecule has 5 heteroatoms. The molecule has 0 aliphatic heterocycles. The molecule has 0 heterocycles. The number of nitro benzene ring substituents is 1. The van der Waals surface area contributed by atoms with Gasteiger partial charge in [-0.2, -0.15) is 0 Å². The van der Waals surface area contributed by atoms with E-state index in [1.165, 1.54) is 0 Å². The van der Waals surface area contributed by atoms with Gasteiger partial charge in [-0.25, -0.2) is 0 Å². The fourth-order valence-electron chi connectivity index (χ4n) is 2.01. The molecule has 0 spiro atoms. The molecule has 1 rings (SSSR count). The lowest BCUT2D eigenvalue weighted by Gasteiger charge is -2.16. The molecule has 1 aromatic rings. The molecule has 1 N–H and O–H groups in total. The highest BCUT2D eigenvalue weighted by Gasteiger charge is 2.14. The molecule has 0 aliphatic rings. The first kappa shape index (κ1) is 15.4. The summed E-state index contributed by atoms with van der Waals surface area (Å²) in [6, 6.07) is 5.31. The maximum atomic E-state index is 11.0. The van der Waals surface area contributed by atoms with Gasteiger partial charge < -0.3 is 10.2 Å². The second-order valence-corrected chi connectivity index (χ2v) is 4.77. The van der Waals surface area contributed by atoms with E-state index in [-0.39, 0.29) is 10.6 Å². The van der Waals surface area contributed by atoms with E-state index in [1.54, 1.807) is 6.07 Å². The van der Waals surface area contributed by atoms with E-state index in [4.69, 9.17) is 0 Å². The third-order valence-corrected chi connectivity index (χ3v) is 2.88. The van der Waals surface area contributed by atoms with Crippen LogP contribution in [-0.4, -0.2) is 30.0 Å². The molecule has 0 aliphatic carbocycles. The summed E-state index contributed by atoms with van der Waals surface area (Å²) in [5.41, 5.74) is 1.87. The van der Waals surface area contributed by atoms with Crippen molar-refractivity contribution in [2.24, 2.45) is 0 Å². The van der Waals surface area contributed by atoms with Crippen LogP contribution in [0.5, 0.6) is 0 Å². The highest BCUT2D eigenvalue weighted by atomic mass is 16.6. The molecule has 0 saturated heterocycles. The Balaban J connectivity index is 2.87. The van der Waals surface area contributed by atoms with E-state index in [1.807, 2.05) is 19.1 Å². The molecule has 0 unspecified atom stereocenters. The second-order valence-electron chi connectivity index (χ2n) is 4.77. The van der Waals surface area contributed by atoms with Crippen molar-refractivity contribution in [3.8, 4) is 0 Å². The van der Waals surface area contributed by atoms with Crippen LogP contribution in [-0.2, 0) is 6.54 Å². The zero-order valence-corrected chi connectivity index (χ0v) is 12.0. The predicted octanol–water partition coefficient (Wildman–Crippen LogP) is 3.26. The smallest absolute Gasteiger partial charge is 0.292 e. The lowest BCUT2D eigenvalue weighted by molar-refractivity contribution is -0.384. The average molecular weight is 265 g/mol. The van der Waals surface area contributed by atoms with E-state index >= 15 is 0 Å². The summed E-state index contributed by atoms with van der Waals surface area (Å²) in [7, 11) is 2.06. The topological polar surface area (TPSA) is 58.4 Å². The van der Waals surface area contributed by atoms with Gasteiger partial charge in [-0.3, -0.25) is 10.1 Å². The van der Waals surface area contributed by atoms with Crippen LogP contribution in [0.3, 0.4) is 0 Å². The Kier molecular flexibility index (Phi) is 6.29. The van der Waals surface area contributed by atoms with Crippen molar-refractivity contribution in [1.82, 2.24) is 4.90 Å². The normalized spacial score (nSPS) is 10.7. The quantitative estimate of drug-likeness (QED) is 0.579. The number of anilines is 1. The fraction of sp³-hybridized carbons (Fsp3) is 0.571. The first-order valence-electron chi connectivity index (χ1n) is 6.78. The maximum Gasteiger partial charge on any atom is 0.292 e. The first-order valence-corrected chi connectivity index (χ1v) is 6.78. The third kappa shape index (κ3) is 4.87. The zero-order chi connectivity index (χ0) is 14.3. The van der Waals surface area contributed by atoms with Crippen LogP contribution in [0.15, 0.2) is 18.2 Å². The number of nitrogens with one attached hydrogen (secondary N) is 1. The number of nitrogens with zero attached hydrogens (tertiary/aromatic N) is 2. The number of hydrogen-bond acceptors (Lipinski definition) is 4. The minimum atomic E-state index is -0.336. The van der Waals surface area contributed by atoms with Gasteiger partial charge in [0.15, 0.2) is 0 Å². The van der Waals surface area contributed by atoms with Crippen molar-refractivity contribution < 1.29 is 4.92 Å². The van der Waals surface area contributed by atoms with Crippen LogP contribution in [0.2, 0.25) is 0 Å². The largest absolute Gasteiger partial charge is 0.379 e. The lowest BCUT2D eigenvalue weighted by Crippen LogP contribution is -2.18. The molecule has 0 bridgehead atoms. The monoisotopic (exact) mass is 265 g/mol. The minimum Gasteiger partial charge on any atom is -0.379 e. The summed E-state index contributed by atoms with van der Waals surface area (Å²) in [6.07, 6.45) is 2.04. The van der Waals surface area contributed by atoms with Crippen LogP contribution < -0.4 is 5.32 Å². The number of benzene rings is 1. The Morgan fingerprint density at radius 1 is 1.32 bits per heavy atom.